The molecule has 1 aromatic carbocycles. The highest BCUT2D eigenvalue weighted by Crippen LogP contribution is 2.34. The number of halogens is 3. The second kappa shape index (κ2) is 5.17. The Morgan fingerprint density at radius 1 is 1.33 bits per heavy atom. The SMILES string of the molecule is O=c1c2c([nH]c3c(C(F)(F)F)cccc13)CO/C2=N\c1nccs1. The van der Waals surface area contributed by atoms with E-state index in [9.17, 15) is 18.0 Å². The highest BCUT2D eigenvalue weighted by molar-refractivity contribution is 7.13. The summed E-state index contributed by atoms with van der Waals surface area (Å²) in [4.78, 5) is 23.5. The zero-order valence-corrected chi connectivity index (χ0v) is 12.7. The van der Waals surface area contributed by atoms with Gasteiger partial charge in [-0.1, -0.05) is 6.07 Å². The second-order valence-corrected chi connectivity index (χ2v) is 5.93. The molecule has 0 aliphatic carbocycles. The number of rotatable bonds is 1. The number of alkyl halides is 3. The number of hydrogen-bond acceptors (Lipinski definition) is 5. The third kappa shape index (κ3) is 2.28. The van der Waals surface area contributed by atoms with Crippen molar-refractivity contribution in [2.24, 2.45) is 4.99 Å². The number of aromatic amines is 1. The number of pyridine rings is 1. The Balaban J connectivity index is 1.98. The highest BCUT2D eigenvalue weighted by atomic mass is 32.1. The number of benzene rings is 1. The number of nitrogens with zero attached hydrogens (tertiary/aromatic N) is 2. The Kier molecular flexibility index (Phi) is 3.20. The quantitative estimate of drug-likeness (QED) is 0.728. The number of thiazole rings is 1. The molecule has 3 heterocycles. The minimum absolute atomic E-state index is 0.0447. The van der Waals surface area contributed by atoms with Crippen molar-refractivity contribution in [1.29, 1.82) is 0 Å². The number of H-pyrrole nitrogens is 1. The fraction of sp³-hybridized carbons (Fsp3) is 0.133. The summed E-state index contributed by atoms with van der Waals surface area (Å²) in [5.41, 5.74) is -1.24. The third-order valence-corrected chi connectivity index (χ3v) is 4.27. The molecule has 0 radical (unpaired) electrons. The molecular formula is C15H8F3N3O2S. The van der Waals surface area contributed by atoms with Gasteiger partial charge < -0.3 is 9.72 Å². The first-order valence-corrected chi connectivity index (χ1v) is 7.69. The molecule has 0 bridgehead atoms. The first kappa shape index (κ1) is 14.9. The van der Waals surface area contributed by atoms with E-state index >= 15 is 0 Å². The Hall–Kier alpha value is -2.68. The Morgan fingerprint density at radius 2 is 2.17 bits per heavy atom. The Morgan fingerprint density at radius 3 is 2.88 bits per heavy atom. The molecule has 1 N–H and O–H groups in total. The molecule has 0 saturated carbocycles. The summed E-state index contributed by atoms with van der Waals surface area (Å²) in [5.74, 6) is 0.0699. The average molecular weight is 351 g/mol. The van der Waals surface area contributed by atoms with Crippen molar-refractivity contribution in [3.8, 4) is 0 Å². The number of nitrogens with one attached hydrogen (secondary N) is 1. The Labute approximate surface area is 136 Å². The van der Waals surface area contributed by atoms with Crippen LogP contribution in [0.2, 0.25) is 0 Å². The first-order valence-electron chi connectivity index (χ1n) is 6.81. The van der Waals surface area contributed by atoms with Crippen LogP contribution >= 0.6 is 11.3 Å². The smallest absolute Gasteiger partial charge is 0.418 e. The van der Waals surface area contributed by atoms with E-state index in [0.717, 1.165) is 6.07 Å². The maximum absolute atomic E-state index is 13.1. The van der Waals surface area contributed by atoms with Crippen LogP contribution in [0.15, 0.2) is 39.6 Å². The third-order valence-electron chi connectivity index (χ3n) is 3.60. The fourth-order valence-electron chi connectivity index (χ4n) is 2.59. The number of ether oxygens (including phenoxy) is 1. The molecule has 1 aliphatic rings. The molecule has 24 heavy (non-hydrogen) atoms. The van der Waals surface area contributed by atoms with E-state index in [1.54, 1.807) is 11.6 Å². The van der Waals surface area contributed by atoms with Gasteiger partial charge in [0.05, 0.1) is 16.8 Å². The molecule has 0 unspecified atom stereocenters. The molecule has 2 aromatic heterocycles. The van der Waals surface area contributed by atoms with Gasteiger partial charge in [-0.05, 0) is 12.1 Å². The molecule has 9 heteroatoms. The molecular weight excluding hydrogens is 343 g/mol. The summed E-state index contributed by atoms with van der Waals surface area (Å²) in [6, 6.07) is 3.49. The van der Waals surface area contributed by atoms with Gasteiger partial charge in [-0.15, -0.1) is 11.3 Å². The maximum atomic E-state index is 13.1. The van der Waals surface area contributed by atoms with Gasteiger partial charge in [0.15, 0.2) is 0 Å². The maximum Gasteiger partial charge on any atom is 0.418 e. The number of aliphatic imine (C=N–C) groups is 1. The summed E-state index contributed by atoms with van der Waals surface area (Å²) in [5, 5.41) is 2.07. The van der Waals surface area contributed by atoms with E-state index in [0.29, 0.717) is 5.13 Å². The van der Waals surface area contributed by atoms with Gasteiger partial charge >= 0.3 is 6.18 Å². The van der Waals surface area contributed by atoms with Crippen LogP contribution in [0.3, 0.4) is 0 Å². The lowest BCUT2D eigenvalue weighted by atomic mass is 10.1. The summed E-state index contributed by atoms with van der Waals surface area (Å²) in [7, 11) is 0. The van der Waals surface area contributed by atoms with Gasteiger partial charge in [-0.2, -0.15) is 18.2 Å². The fourth-order valence-corrected chi connectivity index (χ4v) is 3.09. The summed E-state index contributed by atoms with van der Waals surface area (Å²) in [6.45, 7) is -0.0447. The molecule has 122 valence electrons. The van der Waals surface area contributed by atoms with Crippen LogP contribution in [0.5, 0.6) is 0 Å². The number of fused-ring (bicyclic) bond motifs is 2. The normalized spacial score (nSPS) is 15.7. The molecule has 5 nitrogen and oxygen atoms in total. The zero-order valence-electron chi connectivity index (χ0n) is 11.8. The minimum Gasteiger partial charge on any atom is -0.471 e. The number of hydrogen-bond donors (Lipinski definition) is 1. The molecule has 4 rings (SSSR count). The molecule has 0 amide bonds. The summed E-state index contributed by atoms with van der Waals surface area (Å²) >= 11 is 1.26. The van der Waals surface area contributed by atoms with Crippen LogP contribution < -0.4 is 5.43 Å². The first-order chi connectivity index (χ1) is 11.4. The van der Waals surface area contributed by atoms with Crippen LogP contribution in [-0.4, -0.2) is 15.9 Å². The van der Waals surface area contributed by atoms with Crippen molar-refractivity contribution < 1.29 is 17.9 Å². The molecule has 0 saturated heterocycles. The largest absolute Gasteiger partial charge is 0.471 e. The van der Waals surface area contributed by atoms with Gasteiger partial charge in [0.2, 0.25) is 16.5 Å². The average Bonchev–Trinajstić information content (AvgIpc) is 3.17. The lowest BCUT2D eigenvalue weighted by molar-refractivity contribution is -0.136. The van der Waals surface area contributed by atoms with Crippen LogP contribution in [-0.2, 0) is 17.5 Å². The topological polar surface area (TPSA) is 67.3 Å². The van der Waals surface area contributed by atoms with E-state index in [-0.39, 0.29) is 34.7 Å². The van der Waals surface area contributed by atoms with Gasteiger partial charge in [0, 0.05) is 17.0 Å². The zero-order chi connectivity index (χ0) is 16.9. The van der Waals surface area contributed by atoms with Crippen molar-refractivity contribution in [2.75, 3.05) is 0 Å². The summed E-state index contributed by atoms with van der Waals surface area (Å²) < 4.78 is 44.8. The number of aromatic nitrogens is 2. The predicted octanol–water partition coefficient (Wildman–Crippen LogP) is 3.61. The van der Waals surface area contributed by atoms with Crippen molar-refractivity contribution in [3.63, 3.8) is 0 Å². The molecule has 0 atom stereocenters. The lowest BCUT2D eigenvalue weighted by Gasteiger charge is -2.10. The van der Waals surface area contributed by atoms with E-state index in [1.807, 2.05) is 0 Å². The minimum atomic E-state index is -4.56. The van der Waals surface area contributed by atoms with E-state index in [4.69, 9.17) is 4.74 Å². The van der Waals surface area contributed by atoms with Crippen LogP contribution in [0.1, 0.15) is 16.8 Å². The van der Waals surface area contributed by atoms with Gasteiger partial charge in [0.1, 0.15) is 12.2 Å². The van der Waals surface area contributed by atoms with Gasteiger partial charge in [0.25, 0.3) is 0 Å². The van der Waals surface area contributed by atoms with E-state index in [1.165, 1.54) is 23.5 Å². The van der Waals surface area contributed by atoms with E-state index in [2.05, 4.69) is 15.0 Å². The molecule has 0 fully saturated rings. The van der Waals surface area contributed by atoms with Crippen molar-refractivity contribution in [3.05, 3.63) is 56.8 Å². The monoisotopic (exact) mass is 351 g/mol. The van der Waals surface area contributed by atoms with Crippen LogP contribution in [0, 0.1) is 0 Å². The second-order valence-electron chi connectivity index (χ2n) is 5.05. The summed E-state index contributed by atoms with van der Waals surface area (Å²) in [6.07, 6.45) is -3.01. The van der Waals surface area contributed by atoms with Crippen molar-refractivity contribution in [1.82, 2.24) is 9.97 Å². The Bertz CT molecular complexity index is 1020. The molecule has 3 aromatic rings. The standard InChI is InChI=1S/C15H8F3N3O2S/c16-15(17,18)8-3-1-2-7-11(8)20-9-6-23-13(10(9)12(7)22)21-14-19-4-5-24-14/h1-5H,6H2,(H,20,22)/b21-13-. The molecule has 0 spiro atoms. The lowest BCUT2D eigenvalue weighted by Crippen LogP contribution is -2.17. The highest BCUT2D eigenvalue weighted by Gasteiger charge is 2.35. The predicted molar refractivity (Wildman–Crippen MR) is 82.7 cm³/mol. The van der Waals surface area contributed by atoms with Crippen LogP contribution in [0.4, 0.5) is 18.3 Å². The van der Waals surface area contributed by atoms with Gasteiger partial charge in [-0.25, -0.2) is 4.98 Å². The van der Waals surface area contributed by atoms with Crippen molar-refractivity contribution in [2.45, 2.75) is 12.8 Å². The molecule has 1 aliphatic heterocycles. The van der Waals surface area contributed by atoms with Crippen LogP contribution in [0.25, 0.3) is 10.9 Å². The van der Waals surface area contributed by atoms with E-state index < -0.39 is 17.2 Å². The van der Waals surface area contributed by atoms with Crippen molar-refractivity contribution >= 4 is 33.3 Å². The van der Waals surface area contributed by atoms with Gasteiger partial charge in [-0.3, -0.25) is 4.79 Å². The number of para-hydroxylation sites is 1.